The van der Waals surface area contributed by atoms with E-state index < -0.39 is 24.7 Å². The summed E-state index contributed by atoms with van der Waals surface area (Å²) in [4.78, 5) is 23.2. The zero-order valence-corrected chi connectivity index (χ0v) is 22.1. The predicted molar refractivity (Wildman–Crippen MR) is 142 cm³/mol. The summed E-state index contributed by atoms with van der Waals surface area (Å²) in [6.45, 7) is 1.51. The highest BCUT2D eigenvalue weighted by molar-refractivity contribution is 9.10. The first-order valence-electron chi connectivity index (χ1n) is 11.1. The molecule has 0 aliphatic heterocycles. The van der Waals surface area contributed by atoms with Gasteiger partial charge in [-0.05, 0) is 45.9 Å². The number of ether oxygens (including phenoxy) is 1. The number of hydrogen-bond donors (Lipinski definition) is 1. The fourth-order valence-electron chi connectivity index (χ4n) is 3.43. The second kappa shape index (κ2) is 11.6. The van der Waals surface area contributed by atoms with Crippen LogP contribution < -0.4 is 14.1 Å². The molecular weight excluding hydrogens is 563 g/mol. The molecule has 190 valence electrons. The van der Waals surface area contributed by atoms with Crippen molar-refractivity contribution in [2.75, 3.05) is 0 Å². The summed E-state index contributed by atoms with van der Waals surface area (Å²) < 4.78 is 31.2. The summed E-state index contributed by atoms with van der Waals surface area (Å²) in [7, 11) is -4.29. The van der Waals surface area contributed by atoms with Crippen LogP contribution >= 0.6 is 23.7 Å². The van der Waals surface area contributed by atoms with Crippen molar-refractivity contribution in [2.45, 2.75) is 19.6 Å². The lowest BCUT2D eigenvalue weighted by Gasteiger charge is -2.24. The summed E-state index contributed by atoms with van der Waals surface area (Å²) in [5, 5.41) is 15.3. The van der Waals surface area contributed by atoms with Crippen LogP contribution in [0.1, 0.15) is 12.5 Å². The Balaban J connectivity index is 1.60. The van der Waals surface area contributed by atoms with Crippen LogP contribution in [0.15, 0.2) is 95.5 Å². The molecule has 0 aromatic heterocycles. The van der Waals surface area contributed by atoms with E-state index in [0.717, 1.165) is 10.9 Å². The SMILES string of the molecule is C[C@H](NP(=O)(Oc1ccc([N+](=O)[O-])cc1Br)Oc1cccc2ccccc12)C(=O)OCc1ccccc1. The van der Waals surface area contributed by atoms with Gasteiger partial charge in [-0.1, -0.05) is 66.7 Å². The zero-order valence-electron chi connectivity index (χ0n) is 19.6. The Hall–Kier alpha value is -3.72. The molecule has 0 bridgehead atoms. The van der Waals surface area contributed by atoms with E-state index in [1.807, 2.05) is 54.6 Å². The smallest absolute Gasteiger partial charge is 0.460 e. The predicted octanol–water partition coefficient (Wildman–Crippen LogP) is 6.80. The molecule has 0 aliphatic rings. The van der Waals surface area contributed by atoms with E-state index in [0.29, 0.717) is 5.39 Å². The third kappa shape index (κ3) is 6.74. The Morgan fingerprint density at radius 3 is 2.38 bits per heavy atom. The molecule has 11 heteroatoms. The van der Waals surface area contributed by atoms with Crippen LogP contribution in [0.25, 0.3) is 10.8 Å². The van der Waals surface area contributed by atoms with Gasteiger partial charge in [-0.2, -0.15) is 5.09 Å². The maximum absolute atomic E-state index is 14.0. The van der Waals surface area contributed by atoms with Gasteiger partial charge in [0.2, 0.25) is 0 Å². The molecule has 0 saturated heterocycles. The first-order chi connectivity index (χ1) is 17.7. The lowest BCUT2D eigenvalue weighted by Crippen LogP contribution is -2.35. The molecule has 9 nitrogen and oxygen atoms in total. The maximum Gasteiger partial charge on any atom is 0.513 e. The van der Waals surface area contributed by atoms with E-state index in [1.54, 1.807) is 18.2 Å². The number of hydrogen-bond acceptors (Lipinski definition) is 7. The van der Waals surface area contributed by atoms with E-state index in [4.69, 9.17) is 13.8 Å². The number of nitro groups is 1. The van der Waals surface area contributed by atoms with E-state index in [-0.39, 0.29) is 28.3 Å². The van der Waals surface area contributed by atoms with E-state index >= 15 is 0 Å². The Kier molecular flexibility index (Phi) is 8.23. The number of nitrogens with zero attached hydrogens (tertiary/aromatic N) is 1. The van der Waals surface area contributed by atoms with Crippen LogP contribution in [0, 0.1) is 10.1 Å². The lowest BCUT2D eigenvalue weighted by molar-refractivity contribution is -0.384. The van der Waals surface area contributed by atoms with Crippen LogP contribution in [-0.4, -0.2) is 16.9 Å². The number of non-ortho nitro benzene ring substituents is 1. The summed E-state index contributed by atoms with van der Waals surface area (Å²) in [6.07, 6.45) is 0. The van der Waals surface area contributed by atoms with Crippen molar-refractivity contribution in [3.8, 4) is 11.5 Å². The molecule has 1 N–H and O–H groups in total. The third-order valence-corrected chi connectivity index (χ3v) is 7.44. The second-order valence-electron chi connectivity index (χ2n) is 7.97. The number of halogens is 1. The molecule has 1 unspecified atom stereocenters. The summed E-state index contributed by atoms with van der Waals surface area (Å²) in [6, 6.07) is 24.4. The van der Waals surface area contributed by atoms with Gasteiger partial charge in [0.1, 0.15) is 24.1 Å². The topological polar surface area (TPSA) is 117 Å². The van der Waals surface area contributed by atoms with Crippen molar-refractivity contribution < 1.29 is 28.1 Å². The van der Waals surface area contributed by atoms with Gasteiger partial charge in [-0.3, -0.25) is 14.9 Å². The molecule has 0 heterocycles. The standard InChI is InChI=1S/C26H22BrN2O7P/c1-18(26(30)34-17-19-8-3-2-4-9-19)28-37(33,36-25-15-14-21(29(31)32)16-23(25)27)35-24-13-7-11-20-10-5-6-12-22(20)24/h2-16,18H,17H2,1H3,(H,28,33)/t18-,37?/m0/s1. The van der Waals surface area contributed by atoms with Crippen molar-refractivity contribution in [2.24, 2.45) is 0 Å². The molecule has 0 amide bonds. The molecule has 0 fully saturated rings. The van der Waals surface area contributed by atoms with Crippen molar-refractivity contribution >= 4 is 46.1 Å². The monoisotopic (exact) mass is 584 g/mol. The number of esters is 1. The average molecular weight is 585 g/mol. The van der Waals surface area contributed by atoms with E-state index in [1.165, 1.54) is 25.1 Å². The normalized spacial score (nSPS) is 13.4. The van der Waals surface area contributed by atoms with Gasteiger partial charge in [-0.15, -0.1) is 0 Å². The first kappa shape index (κ1) is 26.3. The van der Waals surface area contributed by atoms with Gasteiger partial charge in [0.05, 0.1) is 9.40 Å². The van der Waals surface area contributed by atoms with Crippen LogP contribution in [0.3, 0.4) is 0 Å². The molecule has 0 radical (unpaired) electrons. The van der Waals surface area contributed by atoms with Crippen molar-refractivity contribution in [3.63, 3.8) is 0 Å². The maximum atomic E-state index is 14.0. The highest BCUT2D eigenvalue weighted by Crippen LogP contribution is 2.49. The van der Waals surface area contributed by atoms with E-state index in [2.05, 4.69) is 21.0 Å². The zero-order chi connectivity index (χ0) is 26.4. The van der Waals surface area contributed by atoms with Crippen molar-refractivity contribution in [1.82, 2.24) is 5.09 Å². The Bertz CT molecular complexity index is 1480. The highest BCUT2D eigenvalue weighted by Gasteiger charge is 2.35. The van der Waals surface area contributed by atoms with Crippen LogP contribution in [-0.2, 0) is 20.7 Å². The van der Waals surface area contributed by atoms with Crippen LogP contribution in [0.2, 0.25) is 0 Å². The van der Waals surface area contributed by atoms with Gasteiger partial charge in [-0.25, -0.2) is 4.57 Å². The summed E-state index contributed by atoms with van der Waals surface area (Å²) in [5.41, 5.74) is 0.610. The largest absolute Gasteiger partial charge is 0.513 e. The molecule has 2 atom stereocenters. The Morgan fingerprint density at radius 2 is 1.65 bits per heavy atom. The van der Waals surface area contributed by atoms with Crippen LogP contribution in [0.5, 0.6) is 11.5 Å². The number of benzene rings is 4. The number of carbonyl (C=O) groups excluding carboxylic acids is 1. The average Bonchev–Trinajstić information content (AvgIpc) is 2.89. The first-order valence-corrected chi connectivity index (χ1v) is 13.5. The van der Waals surface area contributed by atoms with Gasteiger partial charge in [0.25, 0.3) is 5.69 Å². The van der Waals surface area contributed by atoms with Crippen molar-refractivity contribution in [3.05, 3.63) is 111 Å². The minimum atomic E-state index is -4.29. The molecule has 4 aromatic rings. The van der Waals surface area contributed by atoms with E-state index in [9.17, 15) is 19.5 Å². The summed E-state index contributed by atoms with van der Waals surface area (Å²) in [5.74, 6) is -0.389. The fourth-order valence-corrected chi connectivity index (χ4v) is 5.56. The second-order valence-corrected chi connectivity index (χ2v) is 10.4. The molecule has 37 heavy (non-hydrogen) atoms. The fraction of sp³-hybridized carbons (Fsp3) is 0.115. The summed E-state index contributed by atoms with van der Waals surface area (Å²) >= 11 is 3.21. The van der Waals surface area contributed by atoms with Gasteiger partial charge >= 0.3 is 13.7 Å². The molecule has 4 rings (SSSR count). The van der Waals surface area contributed by atoms with Gasteiger partial charge in [0, 0.05) is 17.5 Å². The Morgan fingerprint density at radius 1 is 0.973 bits per heavy atom. The Labute approximate surface area is 221 Å². The number of carbonyl (C=O) groups is 1. The highest BCUT2D eigenvalue weighted by atomic mass is 79.9. The number of nitro benzene ring substituents is 1. The van der Waals surface area contributed by atoms with Gasteiger partial charge in [0.15, 0.2) is 0 Å². The number of fused-ring (bicyclic) bond motifs is 1. The lowest BCUT2D eigenvalue weighted by atomic mass is 10.1. The molecule has 0 saturated carbocycles. The van der Waals surface area contributed by atoms with Crippen molar-refractivity contribution in [1.29, 1.82) is 0 Å². The molecular formula is C26H22BrN2O7P. The minimum absolute atomic E-state index is 0.0199. The van der Waals surface area contributed by atoms with Crippen LogP contribution in [0.4, 0.5) is 5.69 Å². The quantitative estimate of drug-likeness (QED) is 0.0935. The molecule has 4 aromatic carbocycles. The number of nitrogens with one attached hydrogen (secondary N) is 1. The third-order valence-electron chi connectivity index (χ3n) is 5.24. The van der Waals surface area contributed by atoms with Gasteiger partial charge < -0.3 is 13.8 Å². The molecule has 0 spiro atoms. The number of rotatable bonds is 10. The minimum Gasteiger partial charge on any atom is -0.460 e. The molecule has 0 aliphatic carbocycles.